The Morgan fingerprint density at radius 1 is 1.25 bits per heavy atom. The van der Waals surface area contributed by atoms with E-state index in [2.05, 4.69) is 9.82 Å². The van der Waals surface area contributed by atoms with Gasteiger partial charge in [-0.2, -0.15) is 5.10 Å². The monoisotopic (exact) mass is 410 g/mol. The van der Waals surface area contributed by atoms with Crippen molar-refractivity contribution in [1.82, 2.24) is 19.4 Å². The molecule has 28 heavy (non-hydrogen) atoms. The number of nitrogens with one attached hydrogen (secondary N) is 1. The van der Waals surface area contributed by atoms with Gasteiger partial charge in [-0.3, -0.25) is 4.68 Å². The van der Waals surface area contributed by atoms with Crippen LogP contribution in [0.15, 0.2) is 6.20 Å². The molecule has 1 N–H and O–H groups in total. The maximum absolute atomic E-state index is 12.9. The van der Waals surface area contributed by atoms with Gasteiger partial charge in [0.25, 0.3) is 0 Å². The molecule has 1 fully saturated rings. The summed E-state index contributed by atoms with van der Waals surface area (Å²) in [5, 5.41) is 4.41. The van der Waals surface area contributed by atoms with Crippen LogP contribution >= 0.6 is 0 Å². The Kier molecular flexibility index (Phi) is 5.42. The second kappa shape index (κ2) is 7.13. The van der Waals surface area contributed by atoms with Crippen molar-refractivity contribution in [3.05, 3.63) is 17.5 Å². The average Bonchev–Trinajstić information content (AvgIpc) is 3.04. The summed E-state index contributed by atoms with van der Waals surface area (Å²) in [6.45, 7) is 12.9. The fraction of sp³-hybridized carbons (Fsp3) is 0.800. The number of aromatic nitrogens is 2. The summed E-state index contributed by atoms with van der Waals surface area (Å²) in [4.78, 5) is 14.3. The summed E-state index contributed by atoms with van der Waals surface area (Å²) in [6.07, 6.45) is 4.24. The van der Waals surface area contributed by atoms with Crippen LogP contribution in [0.2, 0.25) is 0 Å². The van der Waals surface area contributed by atoms with E-state index in [1.165, 1.54) is 5.69 Å². The lowest BCUT2D eigenvalue weighted by Crippen LogP contribution is -2.50. The molecule has 0 radical (unpaired) electrons. The van der Waals surface area contributed by atoms with E-state index in [9.17, 15) is 9.00 Å². The first-order chi connectivity index (χ1) is 12.8. The van der Waals surface area contributed by atoms with Gasteiger partial charge in [0.1, 0.15) is 5.60 Å². The number of nitrogens with zero attached hydrogens (tertiary/aromatic N) is 3. The molecule has 1 aliphatic carbocycles. The molecule has 1 aliphatic heterocycles. The van der Waals surface area contributed by atoms with Crippen LogP contribution in [0, 0.1) is 5.41 Å². The number of carbonyl (C=O) groups excluding carboxylic acids is 1. The normalized spacial score (nSPS) is 23.0. The predicted molar refractivity (Wildman–Crippen MR) is 110 cm³/mol. The number of amides is 1. The van der Waals surface area contributed by atoms with E-state index < -0.39 is 16.6 Å². The molecule has 1 amide bonds. The van der Waals surface area contributed by atoms with Crippen molar-refractivity contribution in [2.24, 2.45) is 12.5 Å². The number of hydrogen-bond acceptors (Lipinski definition) is 4. The highest BCUT2D eigenvalue weighted by Crippen LogP contribution is 2.52. The molecule has 158 valence electrons. The number of rotatable bonds is 2. The summed E-state index contributed by atoms with van der Waals surface area (Å²) in [7, 11) is 0.788. The standard InChI is InChI=1S/C20H34N4O3S/c1-18(2,3)27-17(25)24-10-8-20(9-11-24)12-15-14(13-21-23(15)7)16(20)22-28(26)19(4,5)6/h13,16,22H,8-12H2,1-7H3/t16-,28-/m1/s1. The first kappa shape index (κ1) is 21.3. The molecule has 2 atom stereocenters. The van der Waals surface area contributed by atoms with Crippen LogP contribution in [0.25, 0.3) is 0 Å². The van der Waals surface area contributed by atoms with Gasteiger partial charge in [0.05, 0.1) is 28.0 Å². The molecule has 1 spiro atoms. The number of aryl methyl sites for hydroxylation is 1. The molecule has 8 heteroatoms. The van der Waals surface area contributed by atoms with Gasteiger partial charge in [0.2, 0.25) is 0 Å². The molecule has 1 aromatic rings. The zero-order valence-corrected chi connectivity index (χ0v) is 19.0. The summed E-state index contributed by atoms with van der Waals surface area (Å²) in [5.41, 5.74) is 1.81. The van der Waals surface area contributed by atoms with Crippen LogP contribution < -0.4 is 4.72 Å². The number of carbonyl (C=O) groups is 1. The lowest BCUT2D eigenvalue weighted by molar-refractivity contribution is 0.00703. The summed E-state index contributed by atoms with van der Waals surface area (Å²) < 4.78 is 23.4. The molecule has 2 aliphatic rings. The van der Waals surface area contributed by atoms with E-state index in [1.807, 2.05) is 59.5 Å². The Labute approximate surface area is 170 Å². The molecular formula is C20H34N4O3S. The van der Waals surface area contributed by atoms with Gasteiger partial charge in [0, 0.05) is 31.4 Å². The maximum atomic E-state index is 12.9. The molecule has 0 unspecified atom stereocenters. The Morgan fingerprint density at radius 3 is 2.39 bits per heavy atom. The Balaban J connectivity index is 1.79. The van der Waals surface area contributed by atoms with Crippen molar-refractivity contribution >= 4 is 17.1 Å². The summed E-state index contributed by atoms with van der Waals surface area (Å²) >= 11 is 0. The SMILES string of the molecule is Cn1ncc2c1CC1(CCN(C(=O)OC(C)(C)C)CC1)[C@@H]2N[S@](=O)C(C)(C)C. The first-order valence-electron chi connectivity index (χ1n) is 9.99. The quantitative estimate of drug-likeness (QED) is 0.813. The van der Waals surface area contributed by atoms with Crippen LogP contribution in [0.5, 0.6) is 0 Å². The predicted octanol–water partition coefficient (Wildman–Crippen LogP) is 3.09. The topological polar surface area (TPSA) is 76.5 Å². The van der Waals surface area contributed by atoms with Crippen molar-refractivity contribution < 1.29 is 13.7 Å². The molecular weight excluding hydrogens is 376 g/mol. The van der Waals surface area contributed by atoms with Crippen LogP contribution in [0.4, 0.5) is 4.79 Å². The summed E-state index contributed by atoms with van der Waals surface area (Å²) in [6, 6.07) is -0.0166. The minimum atomic E-state index is -1.18. The highest BCUT2D eigenvalue weighted by Gasteiger charge is 2.51. The lowest BCUT2D eigenvalue weighted by atomic mass is 9.73. The number of likely N-dealkylation sites (tertiary alicyclic amines) is 1. The first-order valence-corrected chi connectivity index (χ1v) is 11.1. The van der Waals surface area contributed by atoms with E-state index in [4.69, 9.17) is 4.74 Å². The number of fused-ring (bicyclic) bond motifs is 1. The molecule has 2 heterocycles. The minimum Gasteiger partial charge on any atom is -0.444 e. The van der Waals surface area contributed by atoms with Crippen LogP contribution in [-0.2, 0) is 29.2 Å². The molecule has 3 rings (SSSR count). The van der Waals surface area contributed by atoms with E-state index in [0.717, 1.165) is 24.8 Å². The fourth-order valence-corrected chi connectivity index (χ4v) is 5.05. The van der Waals surface area contributed by atoms with E-state index in [0.29, 0.717) is 13.1 Å². The minimum absolute atomic E-state index is 0.0166. The Hall–Kier alpha value is -1.41. The number of piperidine rings is 1. The highest BCUT2D eigenvalue weighted by molar-refractivity contribution is 7.84. The smallest absolute Gasteiger partial charge is 0.410 e. The largest absolute Gasteiger partial charge is 0.444 e. The second-order valence-corrected chi connectivity index (χ2v) is 12.1. The van der Waals surface area contributed by atoms with Crippen LogP contribution in [-0.4, -0.2) is 48.4 Å². The third kappa shape index (κ3) is 4.13. The van der Waals surface area contributed by atoms with Crippen molar-refractivity contribution in [1.29, 1.82) is 0 Å². The third-order valence-corrected chi connectivity index (χ3v) is 7.29. The molecule has 0 bridgehead atoms. The van der Waals surface area contributed by atoms with Gasteiger partial charge in [0.15, 0.2) is 0 Å². The molecule has 7 nitrogen and oxygen atoms in total. The maximum Gasteiger partial charge on any atom is 0.410 e. The van der Waals surface area contributed by atoms with Gasteiger partial charge in [-0.05, 0) is 66.2 Å². The zero-order chi connectivity index (χ0) is 20.9. The number of ether oxygens (including phenoxy) is 1. The van der Waals surface area contributed by atoms with E-state index in [1.54, 1.807) is 4.90 Å². The zero-order valence-electron chi connectivity index (χ0n) is 18.2. The van der Waals surface area contributed by atoms with Gasteiger partial charge in [-0.25, -0.2) is 13.7 Å². The van der Waals surface area contributed by atoms with Gasteiger partial charge in [-0.1, -0.05) is 0 Å². The van der Waals surface area contributed by atoms with Gasteiger partial charge in [-0.15, -0.1) is 0 Å². The van der Waals surface area contributed by atoms with Crippen molar-refractivity contribution in [2.45, 2.75) is 77.2 Å². The Morgan fingerprint density at radius 2 is 1.86 bits per heavy atom. The Bertz CT molecular complexity index is 767. The van der Waals surface area contributed by atoms with Crippen molar-refractivity contribution in [3.63, 3.8) is 0 Å². The van der Waals surface area contributed by atoms with E-state index >= 15 is 0 Å². The average molecular weight is 411 g/mol. The lowest BCUT2D eigenvalue weighted by Gasteiger charge is -2.43. The van der Waals surface area contributed by atoms with Crippen LogP contribution in [0.1, 0.15) is 71.7 Å². The van der Waals surface area contributed by atoms with Gasteiger partial charge >= 0.3 is 6.09 Å². The fourth-order valence-electron chi connectivity index (χ4n) is 4.10. The van der Waals surface area contributed by atoms with Crippen LogP contribution in [0.3, 0.4) is 0 Å². The molecule has 0 saturated carbocycles. The second-order valence-electron chi connectivity index (χ2n) is 10.1. The number of hydrogen-bond donors (Lipinski definition) is 1. The molecule has 1 aromatic heterocycles. The highest BCUT2D eigenvalue weighted by atomic mass is 32.2. The van der Waals surface area contributed by atoms with Gasteiger partial charge < -0.3 is 9.64 Å². The van der Waals surface area contributed by atoms with Crippen molar-refractivity contribution in [2.75, 3.05) is 13.1 Å². The van der Waals surface area contributed by atoms with E-state index in [-0.39, 0.29) is 22.3 Å². The van der Waals surface area contributed by atoms with Crippen molar-refractivity contribution in [3.8, 4) is 0 Å². The summed E-state index contributed by atoms with van der Waals surface area (Å²) in [5.74, 6) is 0. The third-order valence-electron chi connectivity index (χ3n) is 5.73. The molecule has 1 saturated heterocycles. The molecule has 0 aromatic carbocycles.